The fourth-order valence-electron chi connectivity index (χ4n) is 2.70. The van der Waals surface area contributed by atoms with Crippen molar-refractivity contribution in [2.24, 2.45) is 0 Å². The van der Waals surface area contributed by atoms with Crippen LogP contribution in [0.5, 0.6) is 0 Å². The van der Waals surface area contributed by atoms with E-state index in [1.165, 1.54) is 12.3 Å². The molecule has 7 nitrogen and oxygen atoms in total. The lowest BCUT2D eigenvalue weighted by Crippen LogP contribution is -2.47. The normalized spacial score (nSPS) is 14.5. The maximum absolute atomic E-state index is 12.6. The third-order valence-corrected chi connectivity index (χ3v) is 4.30. The zero-order valence-electron chi connectivity index (χ0n) is 14.5. The highest BCUT2D eigenvalue weighted by Gasteiger charge is 2.21. The molecule has 0 saturated carbocycles. The fourth-order valence-corrected chi connectivity index (χ4v) is 2.70. The minimum Gasteiger partial charge on any atom is -0.336 e. The van der Waals surface area contributed by atoms with E-state index in [0.29, 0.717) is 29.9 Å². The Morgan fingerprint density at radius 3 is 2.46 bits per heavy atom. The molecule has 0 bridgehead atoms. The first-order chi connectivity index (χ1) is 12.6. The van der Waals surface area contributed by atoms with Crippen molar-refractivity contribution in [2.45, 2.75) is 0 Å². The standard InChI is InChI=1S/C19H19N5O2/c1-23-8-10-24(11-9-23)19(26)15-6-7-21-17(12-15)18(25)22-16-4-2-14(13-20)3-5-16/h2-7,12H,8-11H2,1H3,(H,22,25). The molecule has 2 heterocycles. The van der Waals surface area contributed by atoms with Crippen LogP contribution in [0.4, 0.5) is 5.69 Å². The number of pyridine rings is 1. The van der Waals surface area contributed by atoms with Crippen molar-refractivity contribution in [3.8, 4) is 6.07 Å². The maximum atomic E-state index is 12.6. The highest BCUT2D eigenvalue weighted by atomic mass is 16.2. The molecule has 1 aromatic carbocycles. The summed E-state index contributed by atoms with van der Waals surface area (Å²) >= 11 is 0. The number of piperazine rings is 1. The first kappa shape index (κ1) is 17.6. The molecule has 0 aliphatic carbocycles. The summed E-state index contributed by atoms with van der Waals surface area (Å²) in [7, 11) is 2.03. The highest BCUT2D eigenvalue weighted by molar-refractivity contribution is 6.04. The Morgan fingerprint density at radius 2 is 1.81 bits per heavy atom. The number of likely N-dealkylation sites (N-methyl/N-ethyl adjacent to an activating group) is 1. The van der Waals surface area contributed by atoms with Gasteiger partial charge in [0.1, 0.15) is 5.69 Å². The zero-order chi connectivity index (χ0) is 18.5. The van der Waals surface area contributed by atoms with Gasteiger partial charge in [-0.15, -0.1) is 0 Å². The lowest BCUT2D eigenvalue weighted by molar-refractivity contribution is 0.0664. The Balaban J connectivity index is 1.70. The largest absolute Gasteiger partial charge is 0.336 e. The number of rotatable bonds is 3. The average molecular weight is 349 g/mol. The number of carbonyl (C=O) groups is 2. The number of benzene rings is 1. The molecule has 1 saturated heterocycles. The van der Waals surface area contributed by atoms with E-state index in [-0.39, 0.29) is 11.6 Å². The van der Waals surface area contributed by atoms with E-state index in [1.807, 2.05) is 13.1 Å². The van der Waals surface area contributed by atoms with Crippen LogP contribution in [-0.2, 0) is 0 Å². The van der Waals surface area contributed by atoms with Crippen LogP contribution in [0, 0.1) is 11.3 Å². The Morgan fingerprint density at radius 1 is 1.12 bits per heavy atom. The number of nitriles is 1. The number of amides is 2. The maximum Gasteiger partial charge on any atom is 0.274 e. The van der Waals surface area contributed by atoms with Crippen LogP contribution in [0.3, 0.4) is 0 Å². The third kappa shape index (κ3) is 4.05. The van der Waals surface area contributed by atoms with E-state index in [4.69, 9.17) is 5.26 Å². The number of hydrogen-bond donors (Lipinski definition) is 1. The van der Waals surface area contributed by atoms with Gasteiger partial charge in [0.05, 0.1) is 11.6 Å². The minimum atomic E-state index is -0.400. The smallest absolute Gasteiger partial charge is 0.274 e. The first-order valence-corrected chi connectivity index (χ1v) is 8.32. The minimum absolute atomic E-state index is 0.0899. The summed E-state index contributed by atoms with van der Waals surface area (Å²) in [6.07, 6.45) is 1.47. The molecule has 0 spiro atoms. The van der Waals surface area contributed by atoms with E-state index in [1.54, 1.807) is 35.2 Å². The van der Waals surface area contributed by atoms with Crippen molar-refractivity contribution < 1.29 is 9.59 Å². The first-order valence-electron chi connectivity index (χ1n) is 8.32. The second-order valence-electron chi connectivity index (χ2n) is 6.17. The van der Waals surface area contributed by atoms with E-state index < -0.39 is 5.91 Å². The third-order valence-electron chi connectivity index (χ3n) is 4.30. The number of anilines is 1. The van der Waals surface area contributed by atoms with Gasteiger partial charge < -0.3 is 15.1 Å². The summed E-state index contributed by atoms with van der Waals surface area (Å²) in [5.41, 5.74) is 1.70. The van der Waals surface area contributed by atoms with Crippen molar-refractivity contribution in [2.75, 3.05) is 38.5 Å². The topological polar surface area (TPSA) is 89.3 Å². The molecule has 3 rings (SSSR count). The Kier molecular flexibility index (Phi) is 5.25. The Bertz CT molecular complexity index is 849. The monoisotopic (exact) mass is 349 g/mol. The van der Waals surface area contributed by atoms with Crippen LogP contribution in [0.1, 0.15) is 26.4 Å². The van der Waals surface area contributed by atoms with Crippen molar-refractivity contribution in [1.82, 2.24) is 14.8 Å². The van der Waals surface area contributed by atoms with Crippen molar-refractivity contribution in [3.63, 3.8) is 0 Å². The summed E-state index contributed by atoms with van der Waals surface area (Å²) in [5.74, 6) is -0.490. The lowest BCUT2D eigenvalue weighted by atomic mass is 10.1. The van der Waals surface area contributed by atoms with Crippen LogP contribution in [0.25, 0.3) is 0 Å². The molecule has 2 aromatic rings. The molecule has 1 aliphatic rings. The number of nitrogens with zero attached hydrogens (tertiary/aromatic N) is 4. The number of carbonyl (C=O) groups excluding carboxylic acids is 2. The molecule has 1 fully saturated rings. The molecule has 1 aromatic heterocycles. The predicted octanol–water partition coefficient (Wildman–Crippen LogP) is 1.59. The quantitative estimate of drug-likeness (QED) is 0.909. The summed E-state index contributed by atoms with van der Waals surface area (Å²) in [6, 6.07) is 11.7. The Hall–Kier alpha value is -3.24. The molecular weight excluding hydrogens is 330 g/mol. The number of aromatic nitrogens is 1. The van der Waals surface area contributed by atoms with E-state index in [0.717, 1.165) is 13.1 Å². The van der Waals surface area contributed by atoms with E-state index in [2.05, 4.69) is 15.2 Å². The second kappa shape index (κ2) is 7.76. The molecule has 7 heteroatoms. The van der Waals surface area contributed by atoms with Gasteiger partial charge in [-0.3, -0.25) is 14.6 Å². The van der Waals surface area contributed by atoms with E-state index >= 15 is 0 Å². The lowest BCUT2D eigenvalue weighted by Gasteiger charge is -2.32. The summed E-state index contributed by atoms with van der Waals surface area (Å²) in [6.45, 7) is 3.01. The highest BCUT2D eigenvalue weighted by Crippen LogP contribution is 2.12. The molecule has 0 unspecified atom stereocenters. The van der Waals surface area contributed by atoms with Crippen LogP contribution >= 0.6 is 0 Å². The van der Waals surface area contributed by atoms with Crippen LogP contribution in [0.15, 0.2) is 42.6 Å². The predicted molar refractivity (Wildman–Crippen MR) is 96.7 cm³/mol. The van der Waals surface area contributed by atoms with Gasteiger partial charge in [-0.05, 0) is 43.4 Å². The molecule has 26 heavy (non-hydrogen) atoms. The van der Waals surface area contributed by atoms with Gasteiger partial charge in [0, 0.05) is 43.6 Å². The van der Waals surface area contributed by atoms with Gasteiger partial charge in [-0.25, -0.2) is 0 Å². The van der Waals surface area contributed by atoms with Crippen molar-refractivity contribution in [1.29, 1.82) is 5.26 Å². The Labute approximate surface area is 151 Å². The molecule has 0 radical (unpaired) electrons. The van der Waals surface area contributed by atoms with Gasteiger partial charge in [-0.1, -0.05) is 0 Å². The molecular formula is C19H19N5O2. The van der Waals surface area contributed by atoms with Gasteiger partial charge in [0.15, 0.2) is 0 Å². The number of hydrogen-bond acceptors (Lipinski definition) is 5. The summed E-state index contributed by atoms with van der Waals surface area (Å²) in [5, 5.41) is 11.5. The second-order valence-corrected chi connectivity index (χ2v) is 6.17. The van der Waals surface area contributed by atoms with Gasteiger partial charge >= 0.3 is 0 Å². The van der Waals surface area contributed by atoms with Crippen molar-refractivity contribution >= 4 is 17.5 Å². The van der Waals surface area contributed by atoms with Crippen LogP contribution < -0.4 is 5.32 Å². The van der Waals surface area contributed by atoms with Crippen LogP contribution in [0.2, 0.25) is 0 Å². The fraction of sp³-hybridized carbons (Fsp3) is 0.263. The zero-order valence-corrected chi connectivity index (χ0v) is 14.5. The summed E-state index contributed by atoms with van der Waals surface area (Å²) < 4.78 is 0. The molecule has 1 aliphatic heterocycles. The molecule has 132 valence electrons. The molecule has 0 atom stereocenters. The van der Waals surface area contributed by atoms with Gasteiger partial charge in [-0.2, -0.15) is 5.26 Å². The number of nitrogens with one attached hydrogen (secondary N) is 1. The molecule has 2 amide bonds. The van der Waals surface area contributed by atoms with Crippen LogP contribution in [-0.4, -0.2) is 59.8 Å². The van der Waals surface area contributed by atoms with E-state index in [9.17, 15) is 9.59 Å². The van der Waals surface area contributed by atoms with Gasteiger partial charge in [0.25, 0.3) is 11.8 Å². The average Bonchev–Trinajstić information content (AvgIpc) is 2.68. The SMILES string of the molecule is CN1CCN(C(=O)c2ccnc(C(=O)Nc3ccc(C#N)cc3)c2)CC1. The van der Waals surface area contributed by atoms with Crippen molar-refractivity contribution in [3.05, 3.63) is 59.4 Å². The summed E-state index contributed by atoms with van der Waals surface area (Å²) in [4.78, 5) is 33.0. The molecule has 1 N–H and O–H groups in total. The van der Waals surface area contributed by atoms with Gasteiger partial charge in [0.2, 0.25) is 0 Å².